The molecule has 0 spiro atoms. The average Bonchev–Trinajstić information content (AvgIpc) is 2.76. The fraction of sp³-hybridized carbons (Fsp3) is 0.533. The van der Waals surface area contributed by atoms with Gasteiger partial charge in [-0.2, -0.15) is 0 Å². The fourth-order valence-corrected chi connectivity index (χ4v) is 3.17. The summed E-state index contributed by atoms with van der Waals surface area (Å²) < 4.78 is 12.9. The summed E-state index contributed by atoms with van der Waals surface area (Å²) in [6.45, 7) is 3.89. The van der Waals surface area contributed by atoms with Crippen LogP contribution in [0.15, 0.2) is 24.3 Å². The van der Waals surface area contributed by atoms with Gasteiger partial charge in [-0.25, -0.2) is 4.39 Å². The molecule has 19 heavy (non-hydrogen) atoms. The summed E-state index contributed by atoms with van der Waals surface area (Å²) >= 11 is 0. The third kappa shape index (κ3) is 2.63. The normalized spacial score (nSPS) is 24.1. The van der Waals surface area contributed by atoms with Crippen LogP contribution in [0.4, 0.5) is 4.39 Å². The van der Waals surface area contributed by atoms with Crippen molar-refractivity contribution in [1.82, 2.24) is 9.80 Å². The van der Waals surface area contributed by atoms with Crippen molar-refractivity contribution in [3.8, 4) is 0 Å². The molecule has 102 valence electrons. The lowest BCUT2D eigenvalue weighted by Gasteiger charge is -2.25. The molecule has 4 heteroatoms. The van der Waals surface area contributed by atoms with Gasteiger partial charge in [0.15, 0.2) is 0 Å². The largest absolute Gasteiger partial charge is 0.337 e. The fourth-order valence-electron chi connectivity index (χ4n) is 3.17. The molecule has 1 aromatic carbocycles. The number of carbonyl (C=O) groups is 1. The molecule has 2 aliphatic heterocycles. The number of hydrogen-bond acceptors (Lipinski definition) is 2. The van der Waals surface area contributed by atoms with Crippen LogP contribution in [-0.2, 0) is 0 Å². The molecule has 0 bridgehead atoms. The lowest BCUT2D eigenvalue weighted by molar-refractivity contribution is 0.0743. The van der Waals surface area contributed by atoms with E-state index in [2.05, 4.69) is 4.90 Å². The zero-order chi connectivity index (χ0) is 13.2. The van der Waals surface area contributed by atoms with Gasteiger partial charge in [-0.3, -0.25) is 9.69 Å². The smallest absolute Gasteiger partial charge is 0.253 e. The second kappa shape index (κ2) is 5.29. The maximum Gasteiger partial charge on any atom is 0.253 e. The molecule has 1 amide bonds. The number of fused-ring (bicyclic) bond motifs is 1. The summed E-state index contributed by atoms with van der Waals surface area (Å²) in [4.78, 5) is 16.9. The number of amides is 1. The molecule has 2 saturated heterocycles. The molecule has 2 fully saturated rings. The summed E-state index contributed by atoms with van der Waals surface area (Å²) in [5, 5.41) is 0. The van der Waals surface area contributed by atoms with Crippen LogP contribution in [0.25, 0.3) is 0 Å². The molecule has 0 aliphatic carbocycles. The average molecular weight is 262 g/mol. The van der Waals surface area contributed by atoms with E-state index in [-0.39, 0.29) is 11.7 Å². The van der Waals surface area contributed by atoms with Crippen molar-refractivity contribution >= 4 is 5.91 Å². The maximum absolute atomic E-state index is 12.9. The molecule has 0 radical (unpaired) electrons. The van der Waals surface area contributed by atoms with Gasteiger partial charge in [0, 0.05) is 31.2 Å². The van der Waals surface area contributed by atoms with E-state index in [0.29, 0.717) is 11.6 Å². The Morgan fingerprint density at radius 1 is 1.11 bits per heavy atom. The van der Waals surface area contributed by atoms with Crippen LogP contribution in [0.2, 0.25) is 0 Å². The van der Waals surface area contributed by atoms with Gasteiger partial charge in [0.25, 0.3) is 5.91 Å². The minimum atomic E-state index is -0.297. The van der Waals surface area contributed by atoms with Crippen LogP contribution in [0, 0.1) is 5.82 Å². The number of nitrogens with zero attached hydrogens (tertiary/aromatic N) is 2. The standard InChI is InChI=1S/C15H19FN2O/c16-13-6-4-12(5-7-13)15(19)18-10-2-9-17-8-1-3-14(17)11-18/h4-7,14H,1-3,8-11H2/t14-/m1/s1. The molecule has 3 rings (SSSR count). The highest BCUT2D eigenvalue weighted by atomic mass is 19.1. The van der Waals surface area contributed by atoms with Crippen LogP contribution in [0.3, 0.4) is 0 Å². The lowest BCUT2D eigenvalue weighted by Crippen LogP contribution is -2.39. The third-order valence-corrected chi connectivity index (χ3v) is 4.18. The van der Waals surface area contributed by atoms with Crippen molar-refractivity contribution in [1.29, 1.82) is 0 Å². The number of rotatable bonds is 1. The van der Waals surface area contributed by atoms with E-state index in [4.69, 9.17) is 0 Å². The van der Waals surface area contributed by atoms with E-state index in [0.717, 1.165) is 26.1 Å². The number of benzene rings is 1. The summed E-state index contributed by atoms with van der Waals surface area (Å²) in [5.74, 6) is -0.261. The van der Waals surface area contributed by atoms with E-state index in [1.54, 1.807) is 12.1 Å². The van der Waals surface area contributed by atoms with Gasteiger partial charge in [-0.15, -0.1) is 0 Å². The first-order valence-corrected chi connectivity index (χ1v) is 7.03. The summed E-state index contributed by atoms with van der Waals surface area (Å²) in [7, 11) is 0. The highest BCUT2D eigenvalue weighted by molar-refractivity contribution is 5.94. The van der Waals surface area contributed by atoms with Crippen LogP contribution < -0.4 is 0 Å². The molecule has 2 heterocycles. The third-order valence-electron chi connectivity index (χ3n) is 4.18. The van der Waals surface area contributed by atoms with Crippen LogP contribution >= 0.6 is 0 Å². The Bertz CT molecular complexity index is 460. The second-order valence-corrected chi connectivity index (χ2v) is 5.44. The van der Waals surface area contributed by atoms with Crippen molar-refractivity contribution in [3.63, 3.8) is 0 Å². The summed E-state index contributed by atoms with van der Waals surface area (Å²) in [6.07, 6.45) is 3.46. The van der Waals surface area contributed by atoms with Crippen molar-refractivity contribution < 1.29 is 9.18 Å². The van der Waals surface area contributed by atoms with Crippen molar-refractivity contribution in [3.05, 3.63) is 35.6 Å². The van der Waals surface area contributed by atoms with Gasteiger partial charge in [0.2, 0.25) is 0 Å². The Morgan fingerprint density at radius 2 is 1.84 bits per heavy atom. The quantitative estimate of drug-likeness (QED) is 0.774. The Labute approximate surface area is 113 Å². The van der Waals surface area contributed by atoms with E-state index >= 15 is 0 Å². The lowest BCUT2D eigenvalue weighted by atomic mass is 10.1. The predicted molar refractivity (Wildman–Crippen MR) is 71.5 cm³/mol. The van der Waals surface area contributed by atoms with Gasteiger partial charge in [-0.05, 0) is 50.1 Å². The zero-order valence-electron chi connectivity index (χ0n) is 11.0. The number of halogens is 1. The van der Waals surface area contributed by atoms with Gasteiger partial charge < -0.3 is 4.90 Å². The van der Waals surface area contributed by atoms with E-state index < -0.39 is 0 Å². The Morgan fingerprint density at radius 3 is 2.63 bits per heavy atom. The Hall–Kier alpha value is -1.42. The first-order valence-electron chi connectivity index (χ1n) is 7.03. The van der Waals surface area contributed by atoms with Gasteiger partial charge in [-0.1, -0.05) is 0 Å². The molecule has 2 aliphatic rings. The van der Waals surface area contributed by atoms with Crippen LogP contribution in [0.1, 0.15) is 29.6 Å². The first kappa shape index (κ1) is 12.6. The van der Waals surface area contributed by atoms with Gasteiger partial charge in [0.05, 0.1) is 0 Å². The molecular formula is C15H19FN2O. The zero-order valence-corrected chi connectivity index (χ0v) is 11.0. The Balaban J connectivity index is 1.73. The topological polar surface area (TPSA) is 23.6 Å². The number of hydrogen-bond donors (Lipinski definition) is 0. The van der Waals surface area contributed by atoms with Crippen molar-refractivity contribution in [2.75, 3.05) is 26.2 Å². The number of carbonyl (C=O) groups excluding carboxylic acids is 1. The monoisotopic (exact) mass is 262 g/mol. The second-order valence-electron chi connectivity index (χ2n) is 5.44. The summed E-state index contributed by atoms with van der Waals surface area (Å²) in [5.41, 5.74) is 0.591. The molecule has 1 atom stereocenters. The molecule has 0 unspecified atom stereocenters. The van der Waals surface area contributed by atoms with Crippen molar-refractivity contribution in [2.24, 2.45) is 0 Å². The Kier molecular flexibility index (Phi) is 3.51. The predicted octanol–water partition coefficient (Wildman–Crippen LogP) is 2.14. The molecule has 1 aromatic rings. The summed E-state index contributed by atoms with van der Waals surface area (Å²) in [6, 6.07) is 6.39. The molecule has 0 N–H and O–H groups in total. The van der Waals surface area contributed by atoms with E-state index in [9.17, 15) is 9.18 Å². The highest BCUT2D eigenvalue weighted by Gasteiger charge is 2.30. The minimum absolute atomic E-state index is 0.0359. The molecule has 0 saturated carbocycles. The van der Waals surface area contributed by atoms with E-state index in [1.807, 2.05) is 4.90 Å². The molecule has 3 nitrogen and oxygen atoms in total. The van der Waals surface area contributed by atoms with E-state index in [1.165, 1.54) is 31.5 Å². The molecule has 0 aromatic heterocycles. The van der Waals surface area contributed by atoms with Crippen LogP contribution in [0.5, 0.6) is 0 Å². The SMILES string of the molecule is O=C(c1ccc(F)cc1)N1CCCN2CCC[C@@H]2C1. The minimum Gasteiger partial charge on any atom is -0.337 e. The maximum atomic E-state index is 12.9. The molecular weight excluding hydrogens is 243 g/mol. The highest BCUT2D eigenvalue weighted by Crippen LogP contribution is 2.22. The first-order chi connectivity index (χ1) is 9.24. The van der Waals surface area contributed by atoms with Gasteiger partial charge in [0.1, 0.15) is 5.82 Å². The van der Waals surface area contributed by atoms with Crippen molar-refractivity contribution in [2.45, 2.75) is 25.3 Å². The van der Waals surface area contributed by atoms with Gasteiger partial charge >= 0.3 is 0 Å². The van der Waals surface area contributed by atoms with Crippen LogP contribution in [-0.4, -0.2) is 47.9 Å².